The highest BCUT2D eigenvalue weighted by Crippen LogP contribution is 2.42. The molecular formula is C33H35N7OS. The number of pyridine rings is 1. The number of hydrogen-bond donors (Lipinski definition) is 3. The molecule has 0 radical (unpaired) electrons. The third kappa shape index (κ3) is 5.60. The smallest absolute Gasteiger partial charge is 0.323 e. The lowest BCUT2D eigenvalue weighted by Gasteiger charge is -2.32. The maximum Gasteiger partial charge on any atom is 0.323 e. The first-order chi connectivity index (χ1) is 20.4. The number of piperazine rings is 1. The van der Waals surface area contributed by atoms with E-state index in [0.717, 1.165) is 70.6 Å². The molecule has 42 heavy (non-hydrogen) atoms. The van der Waals surface area contributed by atoms with Crippen LogP contribution >= 0.6 is 11.3 Å². The minimum Gasteiger partial charge on any atom is -0.383 e. The fourth-order valence-corrected chi connectivity index (χ4v) is 6.72. The molecule has 0 atom stereocenters. The van der Waals surface area contributed by atoms with Gasteiger partial charge in [0.05, 0.1) is 11.4 Å². The predicted octanol–water partition coefficient (Wildman–Crippen LogP) is 5.64. The zero-order valence-electron chi connectivity index (χ0n) is 23.7. The second kappa shape index (κ2) is 11.9. The van der Waals surface area contributed by atoms with Crippen LogP contribution in [0.15, 0.2) is 84.4 Å². The van der Waals surface area contributed by atoms with E-state index >= 15 is 0 Å². The summed E-state index contributed by atoms with van der Waals surface area (Å²) < 4.78 is 1.11. The number of hydrogen-bond acceptors (Lipinski definition) is 7. The molecule has 2 aromatic heterocycles. The molecule has 1 saturated heterocycles. The normalized spacial score (nSPS) is 14.3. The lowest BCUT2D eigenvalue weighted by Crippen LogP contribution is -2.43. The standard InChI is InChI=1S/C33H35N7OS/c1-38-12-14-39(15-13-38)20-23-5-2-6-25(16-23)28-19-37-32(35)30-29(21-42-31(28)30)24-8-10-26(11-9-24)40(33(36)41)27-7-3-4-22(17-27)18-34/h2-11,16-17,19,21H,12-15,18,20,34H2,1H3,(H2,35,37)(H2,36,41). The minimum absolute atomic E-state index is 0.378. The molecule has 3 aromatic carbocycles. The number of carbonyl (C=O) groups is 1. The molecule has 1 aliphatic heterocycles. The topological polar surface area (TPSA) is 118 Å². The number of nitrogens with zero attached hydrogens (tertiary/aromatic N) is 4. The second-order valence-corrected chi connectivity index (χ2v) is 11.7. The Morgan fingerprint density at radius 1 is 0.905 bits per heavy atom. The molecule has 8 nitrogen and oxygen atoms in total. The molecule has 9 heteroatoms. The number of urea groups is 1. The average Bonchev–Trinajstić information content (AvgIpc) is 3.45. The van der Waals surface area contributed by atoms with Crippen LogP contribution in [-0.2, 0) is 13.1 Å². The van der Waals surface area contributed by atoms with Crippen molar-refractivity contribution in [2.75, 3.05) is 43.9 Å². The van der Waals surface area contributed by atoms with Gasteiger partial charge in [0.25, 0.3) is 0 Å². The molecule has 3 heterocycles. The largest absolute Gasteiger partial charge is 0.383 e. The number of benzene rings is 3. The van der Waals surface area contributed by atoms with Crippen molar-refractivity contribution in [1.29, 1.82) is 0 Å². The van der Waals surface area contributed by atoms with Gasteiger partial charge in [0.2, 0.25) is 0 Å². The van der Waals surface area contributed by atoms with Crippen LogP contribution in [0.5, 0.6) is 0 Å². The Bertz CT molecular complexity index is 1720. The Kier molecular flexibility index (Phi) is 7.90. The van der Waals surface area contributed by atoms with Gasteiger partial charge in [0, 0.05) is 66.7 Å². The summed E-state index contributed by atoms with van der Waals surface area (Å²) in [6.45, 7) is 5.68. The van der Waals surface area contributed by atoms with E-state index in [2.05, 4.69) is 51.5 Å². The number of nitrogens with two attached hydrogens (primary N) is 3. The van der Waals surface area contributed by atoms with Gasteiger partial charge in [-0.05, 0) is 65.0 Å². The van der Waals surface area contributed by atoms with Crippen molar-refractivity contribution >= 4 is 44.6 Å². The number of anilines is 3. The van der Waals surface area contributed by atoms with E-state index in [1.54, 1.807) is 11.3 Å². The second-order valence-electron chi connectivity index (χ2n) is 10.8. The van der Waals surface area contributed by atoms with Gasteiger partial charge in [-0.25, -0.2) is 9.78 Å². The molecular weight excluding hydrogens is 542 g/mol. The monoisotopic (exact) mass is 577 g/mol. The number of fused-ring (bicyclic) bond motifs is 1. The lowest BCUT2D eigenvalue weighted by atomic mass is 10.00. The van der Waals surface area contributed by atoms with Crippen molar-refractivity contribution in [2.24, 2.45) is 11.5 Å². The average molecular weight is 578 g/mol. The molecule has 0 aliphatic carbocycles. The SMILES string of the molecule is CN1CCN(Cc2cccc(-c3cnc(N)c4c(-c5ccc(N(C(N)=O)c6cccc(CN)c6)cc5)csc34)c2)CC1. The zero-order chi connectivity index (χ0) is 29.2. The van der Waals surface area contributed by atoms with Crippen LogP contribution in [0.2, 0.25) is 0 Å². The summed E-state index contributed by atoms with van der Waals surface area (Å²) in [7, 11) is 2.18. The summed E-state index contributed by atoms with van der Waals surface area (Å²) in [6, 6.07) is 23.5. The Hall–Kier alpha value is -4.28. The van der Waals surface area contributed by atoms with Gasteiger partial charge >= 0.3 is 6.03 Å². The number of carbonyl (C=O) groups excluding carboxylic acids is 1. The van der Waals surface area contributed by atoms with E-state index < -0.39 is 6.03 Å². The first kappa shape index (κ1) is 27.9. The molecule has 0 bridgehead atoms. The predicted molar refractivity (Wildman–Crippen MR) is 174 cm³/mol. The van der Waals surface area contributed by atoms with Gasteiger partial charge in [-0.3, -0.25) is 9.80 Å². The van der Waals surface area contributed by atoms with E-state index in [9.17, 15) is 4.79 Å². The van der Waals surface area contributed by atoms with Gasteiger partial charge in [-0.15, -0.1) is 11.3 Å². The molecule has 1 fully saturated rings. The van der Waals surface area contributed by atoms with Crippen LogP contribution in [0.25, 0.3) is 32.3 Å². The van der Waals surface area contributed by atoms with Gasteiger partial charge < -0.3 is 22.1 Å². The Balaban J connectivity index is 1.31. The van der Waals surface area contributed by atoms with Crippen molar-refractivity contribution in [2.45, 2.75) is 13.1 Å². The van der Waals surface area contributed by atoms with Crippen molar-refractivity contribution in [3.63, 3.8) is 0 Å². The molecule has 6 rings (SSSR count). The molecule has 0 spiro atoms. The first-order valence-corrected chi connectivity index (χ1v) is 14.9. The summed E-state index contributed by atoms with van der Waals surface area (Å²) >= 11 is 1.67. The number of aromatic nitrogens is 1. The molecule has 5 aromatic rings. The highest BCUT2D eigenvalue weighted by atomic mass is 32.1. The van der Waals surface area contributed by atoms with Crippen LogP contribution in [-0.4, -0.2) is 54.0 Å². The van der Waals surface area contributed by atoms with E-state index in [0.29, 0.717) is 23.7 Å². The van der Waals surface area contributed by atoms with Crippen molar-refractivity contribution in [3.8, 4) is 22.3 Å². The summed E-state index contributed by atoms with van der Waals surface area (Å²) in [5.41, 5.74) is 25.8. The van der Waals surface area contributed by atoms with Crippen LogP contribution in [0.1, 0.15) is 11.1 Å². The van der Waals surface area contributed by atoms with Crippen molar-refractivity contribution in [3.05, 3.63) is 95.5 Å². The van der Waals surface area contributed by atoms with Crippen molar-refractivity contribution in [1.82, 2.24) is 14.8 Å². The van der Waals surface area contributed by atoms with Gasteiger partial charge in [-0.2, -0.15) is 0 Å². The summed E-state index contributed by atoms with van der Waals surface area (Å²) in [5.74, 6) is 0.500. The van der Waals surface area contributed by atoms with Gasteiger partial charge in [-0.1, -0.05) is 42.5 Å². The fraction of sp³-hybridized carbons (Fsp3) is 0.212. The zero-order valence-corrected chi connectivity index (χ0v) is 24.5. The Morgan fingerprint density at radius 3 is 2.38 bits per heavy atom. The van der Waals surface area contributed by atoms with Crippen molar-refractivity contribution < 1.29 is 4.79 Å². The maximum absolute atomic E-state index is 12.4. The third-order valence-electron chi connectivity index (χ3n) is 7.93. The summed E-state index contributed by atoms with van der Waals surface area (Å²) in [5, 5.41) is 3.07. The van der Waals surface area contributed by atoms with Gasteiger partial charge in [0.15, 0.2) is 0 Å². The number of nitrogen functional groups attached to an aromatic ring is 1. The fourth-order valence-electron chi connectivity index (χ4n) is 5.60. The quantitative estimate of drug-likeness (QED) is 0.231. The van der Waals surface area contributed by atoms with Gasteiger partial charge in [0.1, 0.15) is 5.82 Å². The molecule has 6 N–H and O–H groups in total. The molecule has 1 aliphatic rings. The van der Waals surface area contributed by atoms with Crippen LogP contribution in [0, 0.1) is 0 Å². The Labute approximate surface area is 250 Å². The summed E-state index contributed by atoms with van der Waals surface area (Å²) in [4.78, 5) is 23.4. The van der Waals surface area contributed by atoms with E-state index in [1.807, 2.05) is 54.7 Å². The molecule has 0 unspecified atom stereocenters. The van der Waals surface area contributed by atoms with Crippen LogP contribution in [0.4, 0.5) is 22.0 Å². The number of rotatable bonds is 7. The van der Waals surface area contributed by atoms with Crippen LogP contribution in [0.3, 0.4) is 0 Å². The number of primary amides is 1. The number of amides is 2. The lowest BCUT2D eigenvalue weighted by molar-refractivity contribution is 0.148. The maximum atomic E-state index is 12.4. The molecule has 2 amide bonds. The summed E-state index contributed by atoms with van der Waals surface area (Å²) in [6.07, 6.45) is 1.89. The van der Waals surface area contributed by atoms with E-state index in [1.165, 1.54) is 10.5 Å². The minimum atomic E-state index is -0.564. The highest BCUT2D eigenvalue weighted by molar-refractivity contribution is 7.18. The molecule has 0 saturated carbocycles. The van der Waals surface area contributed by atoms with E-state index in [-0.39, 0.29) is 0 Å². The van der Waals surface area contributed by atoms with Crippen LogP contribution < -0.4 is 22.1 Å². The molecule has 214 valence electrons. The third-order valence-corrected chi connectivity index (χ3v) is 8.94. The highest BCUT2D eigenvalue weighted by Gasteiger charge is 2.19. The Morgan fingerprint density at radius 2 is 1.64 bits per heavy atom. The first-order valence-electron chi connectivity index (χ1n) is 14.1. The number of thiophene rings is 1. The number of likely N-dealkylation sites (N-methyl/N-ethyl adjacent to an activating group) is 1. The van der Waals surface area contributed by atoms with E-state index in [4.69, 9.17) is 17.2 Å².